The first-order chi connectivity index (χ1) is 11.6. The minimum Gasteiger partial charge on any atom is -0.422 e. The second kappa shape index (κ2) is 6.75. The Morgan fingerprint density at radius 1 is 1.00 bits per heavy atom. The second-order valence-corrected chi connectivity index (χ2v) is 6.03. The van der Waals surface area contributed by atoms with E-state index in [9.17, 15) is 4.79 Å². The number of benzene rings is 2. The summed E-state index contributed by atoms with van der Waals surface area (Å²) in [6, 6.07) is 16.2. The van der Waals surface area contributed by atoms with E-state index in [1.165, 1.54) is 5.56 Å². The summed E-state index contributed by atoms with van der Waals surface area (Å²) >= 11 is 0. The fourth-order valence-electron chi connectivity index (χ4n) is 2.58. The van der Waals surface area contributed by atoms with Crippen LogP contribution in [0, 0.1) is 0 Å². The molecule has 1 aliphatic heterocycles. The van der Waals surface area contributed by atoms with Gasteiger partial charge in [0.15, 0.2) is 0 Å². The lowest BCUT2D eigenvalue weighted by Gasteiger charge is -2.11. The quantitative estimate of drug-likeness (QED) is 0.622. The zero-order valence-electron chi connectivity index (χ0n) is 14.2. The summed E-state index contributed by atoms with van der Waals surface area (Å²) in [5, 5.41) is 0. The van der Waals surface area contributed by atoms with Crippen LogP contribution in [-0.2, 0) is 16.0 Å². The van der Waals surface area contributed by atoms with Crippen LogP contribution in [0.25, 0.3) is 11.8 Å². The number of rotatable bonds is 4. The smallest absolute Gasteiger partial charge is 0.343 e. The maximum Gasteiger partial charge on any atom is 0.343 e. The minimum atomic E-state index is -0.304. The molecule has 0 radical (unpaired) electrons. The van der Waals surface area contributed by atoms with E-state index in [0.29, 0.717) is 11.3 Å². The van der Waals surface area contributed by atoms with Crippen LogP contribution in [0.5, 0.6) is 0 Å². The van der Waals surface area contributed by atoms with Gasteiger partial charge in [0.2, 0.25) is 0 Å². The molecule has 0 fully saturated rings. The Hall–Kier alpha value is -2.81. The molecule has 122 valence electrons. The van der Waals surface area contributed by atoms with E-state index >= 15 is 0 Å². The van der Waals surface area contributed by atoms with Gasteiger partial charge in [0.25, 0.3) is 0 Å². The zero-order chi connectivity index (χ0) is 17.1. The van der Waals surface area contributed by atoms with E-state index in [2.05, 4.69) is 19.1 Å². The highest BCUT2D eigenvalue weighted by Gasteiger charge is 2.21. The van der Waals surface area contributed by atoms with Crippen LogP contribution < -0.4 is 4.90 Å². The molecule has 0 saturated heterocycles. The molecular weight excluding hydrogens is 298 g/mol. The Kier molecular flexibility index (Phi) is 4.52. The van der Waals surface area contributed by atoms with Crippen molar-refractivity contribution in [1.29, 1.82) is 0 Å². The number of anilines is 1. The number of carbonyl (C=O) groups excluding carboxylic acids is 1. The molecule has 0 atom stereocenters. The van der Waals surface area contributed by atoms with Crippen LogP contribution in [0.15, 0.2) is 60.2 Å². The Morgan fingerprint density at radius 2 is 1.67 bits per heavy atom. The molecule has 0 saturated carbocycles. The molecule has 0 unspecified atom stereocenters. The van der Waals surface area contributed by atoms with Gasteiger partial charge in [-0.15, -0.1) is 0 Å². The summed E-state index contributed by atoms with van der Waals surface area (Å²) in [4.78, 5) is 14.2. The van der Waals surface area contributed by atoms with Gasteiger partial charge in [-0.3, -0.25) is 0 Å². The second-order valence-electron chi connectivity index (χ2n) is 6.03. The normalized spacial score (nSPS) is 15.4. The maximum absolute atomic E-state index is 12.1. The molecular formula is C21H21NO2. The van der Waals surface area contributed by atoms with E-state index in [0.717, 1.165) is 23.2 Å². The Labute approximate surface area is 142 Å². The number of aryl methyl sites for hydroxylation is 1. The van der Waals surface area contributed by atoms with E-state index in [1.807, 2.05) is 67.5 Å². The van der Waals surface area contributed by atoms with Gasteiger partial charge in [0.1, 0.15) is 5.76 Å². The maximum atomic E-state index is 12.1. The molecule has 1 heterocycles. The third-order valence-electron chi connectivity index (χ3n) is 4.10. The highest BCUT2D eigenvalue weighted by molar-refractivity contribution is 6.05. The molecule has 0 spiro atoms. The number of cyclic esters (lactones) is 1. The van der Waals surface area contributed by atoms with Crippen molar-refractivity contribution in [3.63, 3.8) is 0 Å². The van der Waals surface area contributed by atoms with Gasteiger partial charge in [-0.05, 0) is 41.8 Å². The molecule has 0 aromatic heterocycles. The van der Waals surface area contributed by atoms with E-state index in [1.54, 1.807) is 0 Å². The SMILES string of the molecule is CCc1ccc(C2=C/C(=C\c3ccc(N(C)C)cc3)C(=O)O2)cc1. The van der Waals surface area contributed by atoms with Crippen molar-refractivity contribution >= 4 is 23.5 Å². The first kappa shape index (κ1) is 16.1. The molecule has 3 nitrogen and oxygen atoms in total. The van der Waals surface area contributed by atoms with Crippen molar-refractivity contribution in [3.05, 3.63) is 76.9 Å². The molecule has 0 N–H and O–H groups in total. The van der Waals surface area contributed by atoms with Crippen LogP contribution in [0.4, 0.5) is 5.69 Å². The first-order valence-electron chi connectivity index (χ1n) is 8.09. The van der Waals surface area contributed by atoms with Gasteiger partial charge in [0, 0.05) is 25.3 Å². The molecule has 0 aliphatic carbocycles. The topological polar surface area (TPSA) is 29.5 Å². The zero-order valence-corrected chi connectivity index (χ0v) is 14.2. The molecule has 3 heteroatoms. The van der Waals surface area contributed by atoms with Crippen molar-refractivity contribution in [1.82, 2.24) is 0 Å². The van der Waals surface area contributed by atoms with Crippen molar-refractivity contribution < 1.29 is 9.53 Å². The Bertz CT molecular complexity index is 797. The van der Waals surface area contributed by atoms with Crippen molar-refractivity contribution in [3.8, 4) is 0 Å². The summed E-state index contributed by atoms with van der Waals surface area (Å²) in [6.45, 7) is 2.12. The van der Waals surface area contributed by atoms with Crippen molar-refractivity contribution in [2.45, 2.75) is 13.3 Å². The van der Waals surface area contributed by atoms with E-state index < -0.39 is 0 Å². The van der Waals surface area contributed by atoms with Gasteiger partial charge in [-0.1, -0.05) is 43.3 Å². The van der Waals surface area contributed by atoms with E-state index in [-0.39, 0.29) is 5.97 Å². The van der Waals surface area contributed by atoms with Gasteiger partial charge >= 0.3 is 5.97 Å². The Balaban J connectivity index is 1.85. The highest BCUT2D eigenvalue weighted by Crippen LogP contribution is 2.28. The molecule has 24 heavy (non-hydrogen) atoms. The van der Waals surface area contributed by atoms with E-state index in [4.69, 9.17) is 4.74 Å². The molecule has 1 aliphatic rings. The van der Waals surface area contributed by atoms with Crippen LogP contribution in [0.1, 0.15) is 23.6 Å². The summed E-state index contributed by atoms with van der Waals surface area (Å²) in [6.07, 6.45) is 4.66. The third kappa shape index (κ3) is 3.40. The van der Waals surface area contributed by atoms with Gasteiger partial charge in [-0.2, -0.15) is 0 Å². The lowest BCUT2D eigenvalue weighted by Crippen LogP contribution is -2.07. The fraction of sp³-hybridized carbons (Fsp3) is 0.190. The van der Waals surface area contributed by atoms with Crippen molar-refractivity contribution in [2.75, 3.05) is 19.0 Å². The standard InChI is InChI=1S/C21H21NO2/c1-4-15-5-9-17(10-6-15)20-14-18(21(23)24-20)13-16-7-11-19(12-8-16)22(2)3/h5-14H,4H2,1-3H3/b18-13+. The summed E-state index contributed by atoms with van der Waals surface area (Å²) in [5.74, 6) is 0.306. The minimum absolute atomic E-state index is 0.304. The molecule has 0 amide bonds. The summed E-state index contributed by atoms with van der Waals surface area (Å²) < 4.78 is 5.41. The van der Waals surface area contributed by atoms with Gasteiger partial charge < -0.3 is 9.64 Å². The fourth-order valence-corrected chi connectivity index (χ4v) is 2.58. The molecule has 2 aromatic carbocycles. The summed E-state index contributed by atoms with van der Waals surface area (Å²) in [7, 11) is 4.00. The molecule has 2 aromatic rings. The average Bonchev–Trinajstić information content (AvgIpc) is 2.96. The third-order valence-corrected chi connectivity index (χ3v) is 4.10. The molecule has 3 rings (SSSR count). The number of hydrogen-bond donors (Lipinski definition) is 0. The molecule has 0 bridgehead atoms. The van der Waals surface area contributed by atoms with Crippen LogP contribution in [0.3, 0.4) is 0 Å². The first-order valence-corrected chi connectivity index (χ1v) is 8.09. The number of ether oxygens (including phenoxy) is 1. The lowest BCUT2D eigenvalue weighted by atomic mass is 10.1. The largest absolute Gasteiger partial charge is 0.422 e. The van der Waals surface area contributed by atoms with Gasteiger partial charge in [-0.25, -0.2) is 4.79 Å². The average molecular weight is 319 g/mol. The highest BCUT2D eigenvalue weighted by atomic mass is 16.5. The number of esters is 1. The lowest BCUT2D eigenvalue weighted by molar-refractivity contribution is -0.130. The van der Waals surface area contributed by atoms with Crippen molar-refractivity contribution in [2.24, 2.45) is 0 Å². The van der Waals surface area contributed by atoms with Crippen LogP contribution >= 0.6 is 0 Å². The van der Waals surface area contributed by atoms with Crippen LogP contribution in [0.2, 0.25) is 0 Å². The van der Waals surface area contributed by atoms with Gasteiger partial charge in [0.05, 0.1) is 5.57 Å². The Morgan fingerprint density at radius 3 is 2.25 bits per heavy atom. The number of carbonyl (C=O) groups is 1. The summed E-state index contributed by atoms with van der Waals surface area (Å²) in [5.41, 5.74) is 4.86. The predicted octanol–water partition coefficient (Wildman–Crippen LogP) is 4.30. The number of nitrogens with zero attached hydrogens (tertiary/aromatic N) is 1. The van der Waals surface area contributed by atoms with Crippen LogP contribution in [-0.4, -0.2) is 20.1 Å². The number of hydrogen-bond acceptors (Lipinski definition) is 3. The predicted molar refractivity (Wildman–Crippen MR) is 98.6 cm³/mol. The monoisotopic (exact) mass is 319 g/mol.